The zero-order valence-electron chi connectivity index (χ0n) is 10.6. The van der Waals surface area contributed by atoms with E-state index in [1.807, 2.05) is 12.1 Å². The van der Waals surface area contributed by atoms with Gasteiger partial charge in [-0.25, -0.2) is 4.39 Å². The van der Waals surface area contributed by atoms with Crippen LogP contribution in [-0.2, 0) is 0 Å². The second-order valence-electron chi connectivity index (χ2n) is 3.84. The molecule has 0 aliphatic carbocycles. The van der Waals surface area contributed by atoms with Crippen LogP contribution >= 0.6 is 0 Å². The fourth-order valence-corrected chi connectivity index (χ4v) is 1.59. The first kappa shape index (κ1) is 13.4. The maximum absolute atomic E-state index is 13.7. The number of ether oxygens (including phenoxy) is 2. The van der Waals surface area contributed by atoms with E-state index >= 15 is 0 Å². The Hall–Kier alpha value is -3.05. The van der Waals surface area contributed by atoms with Crippen molar-refractivity contribution in [1.82, 2.24) is 0 Å². The summed E-state index contributed by atoms with van der Waals surface area (Å²) < 4.78 is 24.2. The molecule has 4 nitrogen and oxygen atoms in total. The summed E-state index contributed by atoms with van der Waals surface area (Å²) in [5, 5.41) is 17.5. The predicted molar refractivity (Wildman–Crippen MR) is 68.9 cm³/mol. The summed E-state index contributed by atoms with van der Waals surface area (Å²) in [6, 6.07) is 12.3. The molecule has 0 N–H and O–H groups in total. The molecule has 0 saturated carbocycles. The van der Waals surface area contributed by atoms with Crippen LogP contribution in [0.1, 0.15) is 11.1 Å². The number of hydrogen-bond donors (Lipinski definition) is 0. The van der Waals surface area contributed by atoms with Crippen molar-refractivity contribution >= 4 is 0 Å². The van der Waals surface area contributed by atoms with Crippen LogP contribution in [0.5, 0.6) is 17.2 Å². The number of halogens is 1. The van der Waals surface area contributed by atoms with E-state index < -0.39 is 5.82 Å². The topological polar surface area (TPSA) is 66.0 Å². The molecule has 0 saturated heterocycles. The second kappa shape index (κ2) is 5.73. The van der Waals surface area contributed by atoms with Gasteiger partial charge in [-0.3, -0.25) is 0 Å². The second-order valence-corrected chi connectivity index (χ2v) is 3.84. The van der Waals surface area contributed by atoms with Crippen molar-refractivity contribution in [3.05, 3.63) is 53.3 Å². The fraction of sp³-hybridized carbons (Fsp3) is 0.0667. The normalized spacial score (nSPS) is 9.40. The van der Waals surface area contributed by atoms with E-state index in [1.165, 1.54) is 31.4 Å². The zero-order chi connectivity index (χ0) is 14.5. The molecular formula is C15H9FN2O2. The molecular weight excluding hydrogens is 259 g/mol. The number of rotatable bonds is 3. The lowest BCUT2D eigenvalue weighted by atomic mass is 10.2. The summed E-state index contributed by atoms with van der Waals surface area (Å²) >= 11 is 0. The maximum atomic E-state index is 13.7. The molecule has 0 fully saturated rings. The van der Waals surface area contributed by atoms with Crippen molar-refractivity contribution < 1.29 is 13.9 Å². The molecule has 0 amide bonds. The molecule has 0 spiro atoms. The van der Waals surface area contributed by atoms with Gasteiger partial charge in [-0.15, -0.1) is 0 Å². The van der Waals surface area contributed by atoms with Gasteiger partial charge in [0, 0.05) is 6.07 Å². The third-order valence-electron chi connectivity index (χ3n) is 2.57. The zero-order valence-corrected chi connectivity index (χ0v) is 10.6. The summed E-state index contributed by atoms with van der Waals surface area (Å²) in [5.41, 5.74) is 0.621. The van der Waals surface area contributed by atoms with Crippen LogP contribution in [0, 0.1) is 28.5 Å². The molecule has 0 bridgehead atoms. The highest BCUT2D eigenvalue weighted by Crippen LogP contribution is 2.33. The van der Waals surface area contributed by atoms with Gasteiger partial charge in [0.1, 0.15) is 0 Å². The van der Waals surface area contributed by atoms with Gasteiger partial charge in [-0.1, -0.05) is 0 Å². The monoisotopic (exact) mass is 268 g/mol. The van der Waals surface area contributed by atoms with Crippen molar-refractivity contribution in [1.29, 1.82) is 10.5 Å². The van der Waals surface area contributed by atoms with E-state index in [2.05, 4.69) is 0 Å². The molecule has 2 rings (SSSR count). The van der Waals surface area contributed by atoms with Crippen molar-refractivity contribution in [3.8, 4) is 29.4 Å². The van der Waals surface area contributed by atoms with Gasteiger partial charge in [0.25, 0.3) is 0 Å². The molecule has 0 heterocycles. The highest BCUT2D eigenvalue weighted by molar-refractivity contribution is 5.49. The van der Waals surface area contributed by atoms with E-state index in [0.717, 1.165) is 6.07 Å². The van der Waals surface area contributed by atoms with Crippen LogP contribution in [0.15, 0.2) is 36.4 Å². The molecule has 0 aromatic heterocycles. The molecule has 0 radical (unpaired) electrons. The first-order chi connectivity index (χ1) is 9.67. The minimum atomic E-state index is -0.643. The number of nitrogens with zero attached hydrogens (tertiary/aromatic N) is 2. The summed E-state index contributed by atoms with van der Waals surface area (Å²) in [4.78, 5) is 0. The van der Waals surface area contributed by atoms with Crippen LogP contribution in [0.4, 0.5) is 4.39 Å². The SMILES string of the molecule is COc1cc(C#N)ccc1Oc1ccc(C#N)cc1F. The average Bonchev–Trinajstić information content (AvgIpc) is 2.49. The van der Waals surface area contributed by atoms with Crippen molar-refractivity contribution in [2.45, 2.75) is 0 Å². The van der Waals surface area contributed by atoms with Gasteiger partial charge in [0.15, 0.2) is 23.1 Å². The Labute approximate surface area is 115 Å². The Morgan fingerprint density at radius 1 is 0.900 bits per heavy atom. The Morgan fingerprint density at radius 3 is 2.05 bits per heavy atom. The molecule has 20 heavy (non-hydrogen) atoms. The molecule has 0 unspecified atom stereocenters. The molecule has 0 aliphatic rings. The van der Waals surface area contributed by atoms with E-state index in [1.54, 1.807) is 6.07 Å². The van der Waals surface area contributed by atoms with Crippen LogP contribution < -0.4 is 9.47 Å². The highest BCUT2D eigenvalue weighted by atomic mass is 19.1. The lowest BCUT2D eigenvalue weighted by Gasteiger charge is -2.11. The summed E-state index contributed by atoms with van der Waals surface area (Å²) in [6.45, 7) is 0. The first-order valence-electron chi connectivity index (χ1n) is 5.63. The lowest BCUT2D eigenvalue weighted by molar-refractivity contribution is 0.371. The Balaban J connectivity index is 2.35. The van der Waals surface area contributed by atoms with Crippen LogP contribution in [0.3, 0.4) is 0 Å². The standard InChI is InChI=1S/C15H9FN2O2/c1-19-15-7-11(9-18)3-5-14(15)20-13-4-2-10(8-17)6-12(13)16/h2-7H,1H3. The van der Waals surface area contributed by atoms with Crippen molar-refractivity contribution in [2.75, 3.05) is 7.11 Å². The fourth-order valence-electron chi connectivity index (χ4n) is 1.59. The summed E-state index contributed by atoms with van der Waals surface area (Å²) in [5.74, 6) is -0.0506. The Morgan fingerprint density at radius 2 is 1.50 bits per heavy atom. The smallest absolute Gasteiger partial charge is 0.169 e. The van der Waals surface area contributed by atoms with Gasteiger partial charge in [-0.2, -0.15) is 10.5 Å². The van der Waals surface area contributed by atoms with Crippen LogP contribution in [0.2, 0.25) is 0 Å². The average molecular weight is 268 g/mol. The Kier molecular flexibility index (Phi) is 3.83. The van der Waals surface area contributed by atoms with Gasteiger partial charge < -0.3 is 9.47 Å². The minimum absolute atomic E-state index is 0.0213. The molecule has 2 aromatic carbocycles. The molecule has 98 valence electrons. The van der Waals surface area contributed by atoms with E-state index in [-0.39, 0.29) is 17.1 Å². The predicted octanol–water partition coefficient (Wildman–Crippen LogP) is 3.37. The Bertz CT molecular complexity index is 730. The molecule has 2 aromatic rings. The van der Waals surface area contributed by atoms with Crippen molar-refractivity contribution in [3.63, 3.8) is 0 Å². The molecule has 0 atom stereocenters. The van der Waals surface area contributed by atoms with Crippen LogP contribution in [0.25, 0.3) is 0 Å². The summed E-state index contributed by atoms with van der Waals surface area (Å²) in [6.07, 6.45) is 0. The first-order valence-corrected chi connectivity index (χ1v) is 5.63. The summed E-state index contributed by atoms with van der Waals surface area (Å²) in [7, 11) is 1.43. The quantitative estimate of drug-likeness (QED) is 0.855. The van der Waals surface area contributed by atoms with E-state index in [9.17, 15) is 4.39 Å². The van der Waals surface area contributed by atoms with Gasteiger partial charge in [0.05, 0.1) is 30.4 Å². The minimum Gasteiger partial charge on any atom is -0.493 e. The van der Waals surface area contributed by atoms with E-state index in [4.69, 9.17) is 20.0 Å². The van der Waals surface area contributed by atoms with Gasteiger partial charge in [-0.05, 0) is 30.3 Å². The highest BCUT2D eigenvalue weighted by Gasteiger charge is 2.10. The third kappa shape index (κ3) is 2.68. The van der Waals surface area contributed by atoms with Gasteiger partial charge in [0.2, 0.25) is 0 Å². The molecule has 5 heteroatoms. The number of methoxy groups -OCH3 is 1. The number of benzene rings is 2. The lowest BCUT2D eigenvalue weighted by Crippen LogP contribution is -1.93. The maximum Gasteiger partial charge on any atom is 0.169 e. The number of nitriles is 2. The van der Waals surface area contributed by atoms with E-state index in [0.29, 0.717) is 11.3 Å². The van der Waals surface area contributed by atoms with Gasteiger partial charge >= 0.3 is 0 Å². The molecule has 0 aliphatic heterocycles. The number of hydrogen-bond acceptors (Lipinski definition) is 4. The largest absolute Gasteiger partial charge is 0.493 e. The third-order valence-corrected chi connectivity index (χ3v) is 2.57. The van der Waals surface area contributed by atoms with Crippen molar-refractivity contribution in [2.24, 2.45) is 0 Å². The van der Waals surface area contributed by atoms with Crippen LogP contribution in [-0.4, -0.2) is 7.11 Å².